The van der Waals surface area contributed by atoms with E-state index in [2.05, 4.69) is 5.32 Å². The number of ether oxygens (including phenoxy) is 1. The van der Waals surface area contributed by atoms with Crippen LogP contribution in [0, 0.1) is 6.92 Å². The van der Waals surface area contributed by atoms with Crippen LogP contribution >= 0.6 is 23.2 Å². The summed E-state index contributed by atoms with van der Waals surface area (Å²) in [6, 6.07) is 3.80. The predicted octanol–water partition coefficient (Wildman–Crippen LogP) is 3.70. The third kappa shape index (κ3) is 3.47. The van der Waals surface area contributed by atoms with Gasteiger partial charge in [0.2, 0.25) is 0 Å². The molecule has 0 aliphatic rings. The summed E-state index contributed by atoms with van der Waals surface area (Å²) in [6.07, 6.45) is 0.923. The van der Waals surface area contributed by atoms with Crippen molar-refractivity contribution in [2.45, 2.75) is 13.3 Å². The summed E-state index contributed by atoms with van der Waals surface area (Å²) in [7, 11) is 1.63. The molecule has 1 aromatic rings. The summed E-state index contributed by atoms with van der Waals surface area (Å²) in [5, 5.41) is 3.98. The summed E-state index contributed by atoms with van der Waals surface area (Å²) in [4.78, 5) is 0. The van der Waals surface area contributed by atoms with Crippen molar-refractivity contribution in [1.29, 1.82) is 0 Å². The van der Waals surface area contributed by atoms with Crippen LogP contribution in [0.5, 0.6) is 5.75 Å². The fraction of sp³-hybridized carbons (Fsp3) is 0.455. The highest BCUT2D eigenvalue weighted by molar-refractivity contribution is 6.31. The molecule has 0 saturated carbocycles. The Bertz CT molecular complexity index is 329. The number of benzene rings is 1. The second-order valence-corrected chi connectivity index (χ2v) is 4.06. The highest BCUT2D eigenvalue weighted by Gasteiger charge is 2.05. The molecule has 0 atom stereocenters. The largest absolute Gasteiger partial charge is 0.495 e. The van der Waals surface area contributed by atoms with Gasteiger partial charge in [0.15, 0.2) is 0 Å². The van der Waals surface area contributed by atoms with E-state index in [0.717, 1.165) is 35.0 Å². The number of rotatable bonds is 5. The maximum atomic E-state index is 6.00. The maximum Gasteiger partial charge on any atom is 0.143 e. The van der Waals surface area contributed by atoms with Crippen LogP contribution in [0.2, 0.25) is 5.02 Å². The molecule has 84 valence electrons. The van der Waals surface area contributed by atoms with Gasteiger partial charge >= 0.3 is 0 Å². The standard InChI is InChI=1S/C11H15Cl2NO/c1-8-6-10(14-5-3-4-12)11(15-2)7-9(8)13/h6-7,14H,3-5H2,1-2H3. The van der Waals surface area contributed by atoms with Gasteiger partial charge in [-0.25, -0.2) is 0 Å². The first-order chi connectivity index (χ1) is 7.19. The molecule has 15 heavy (non-hydrogen) atoms. The van der Waals surface area contributed by atoms with Crippen molar-refractivity contribution in [3.05, 3.63) is 22.7 Å². The van der Waals surface area contributed by atoms with E-state index < -0.39 is 0 Å². The number of hydrogen-bond donors (Lipinski definition) is 1. The fourth-order valence-electron chi connectivity index (χ4n) is 1.26. The molecule has 0 aliphatic heterocycles. The van der Waals surface area contributed by atoms with Crippen molar-refractivity contribution in [3.63, 3.8) is 0 Å². The molecule has 0 spiro atoms. The zero-order valence-corrected chi connectivity index (χ0v) is 10.5. The fourth-order valence-corrected chi connectivity index (χ4v) is 1.55. The van der Waals surface area contributed by atoms with Gasteiger partial charge < -0.3 is 10.1 Å². The van der Waals surface area contributed by atoms with E-state index in [1.165, 1.54) is 0 Å². The van der Waals surface area contributed by atoms with Crippen molar-refractivity contribution >= 4 is 28.9 Å². The highest BCUT2D eigenvalue weighted by Crippen LogP contribution is 2.30. The molecule has 0 radical (unpaired) electrons. The first kappa shape index (κ1) is 12.5. The second-order valence-electron chi connectivity index (χ2n) is 3.27. The van der Waals surface area contributed by atoms with Gasteiger partial charge in [-0.05, 0) is 25.0 Å². The number of hydrogen-bond acceptors (Lipinski definition) is 2. The minimum atomic E-state index is 0.655. The molecule has 0 amide bonds. The van der Waals surface area contributed by atoms with Crippen LogP contribution in [-0.2, 0) is 0 Å². The van der Waals surface area contributed by atoms with Crippen LogP contribution in [-0.4, -0.2) is 19.5 Å². The van der Waals surface area contributed by atoms with Crippen molar-refractivity contribution in [2.75, 3.05) is 24.9 Å². The number of halogens is 2. The minimum Gasteiger partial charge on any atom is -0.495 e. The van der Waals surface area contributed by atoms with E-state index in [1.54, 1.807) is 7.11 Å². The first-order valence-electron chi connectivity index (χ1n) is 4.83. The first-order valence-corrected chi connectivity index (χ1v) is 5.74. The Morgan fingerprint density at radius 2 is 2.13 bits per heavy atom. The number of alkyl halides is 1. The van der Waals surface area contributed by atoms with Crippen LogP contribution in [0.4, 0.5) is 5.69 Å². The predicted molar refractivity (Wildman–Crippen MR) is 66.6 cm³/mol. The SMILES string of the molecule is COc1cc(Cl)c(C)cc1NCCCCl. The van der Waals surface area contributed by atoms with Gasteiger partial charge in [0.1, 0.15) is 5.75 Å². The lowest BCUT2D eigenvalue weighted by molar-refractivity contribution is 0.416. The van der Waals surface area contributed by atoms with E-state index in [-0.39, 0.29) is 0 Å². The third-order valence-corrected chi connectivity index (χ3v) is 2.78. The molecule has 0 aliphatic carbocycles. The molecule has 0 heterocycles. The minimum absolute atomic E-state index is 0.655. The Labute approximate surface area is 101 Å². The zero-order valence-electron chi connectivity index (χ0n) is 8.94. The molecular formula is C11H15Cl2NO. The average molecular weight is 248 g/mol. The van der Waals surface area contributed by atoms with Gasteiger partial charge in [0, 0.05) is 23.5 Å². The smallest absolute Gasteiger partial charge is 0.143 e. The average Bonchev–Trinajstić information content (AvgIpc) is 2.23. The molecule has 0 bridgehead atoms. The van der Waals surface area contributed by atoms with E-state index in [9.17, 15) is 0 Å². The van der Waals surface area contributed by atoms with Gasteiger partial charge in [-0.2, -0.15) is 0 Å². The van der Waals surface area contributed by atoms with Crippen LogP contribution < -0.4 is 10.1 Å². The highest BCUT2D eigenvalue weighted by atomic mass is 35.5. The van der Waals surface area contributed by atoms with Crippen molar-refractivity contribution in [3.8, 4) is 5.75 Å². The molecule has 0 saturated heterocycles. The topological polar surface area (TPSA) is 21.3 Å². The molecule has 1 N–H and O–H groups in total. The lowest BCUT2D eigenvalue weighted by atomic mass is 10.2. The molecular weight excluding hydrogens is 233 g/mol. The van der Waals surface area contributed by atoms with Gasteiger partial charge in [-0.3, -0.25) is 0 Å². The Kier molecular flexibility index (Phi) is 5.06. The van der Waals surface area contributed by atoms with Crippen molar-refractivity contribution in [1.82, 2.24) is 0 Å². The summed E-state index contributed by atoms with van der Waals surface area (Å²) in [6.45, 7) is 2.80. The molecule has 4 heteroatoms. The normalized spacial score (nSPS) is 10.1. The third-order valence-electron chi connectivity index (χ3n) is 2.11. The Hall–Kier alpha value is -0.600. The van der Waals surface area contributed by atoms with E-state index in [1.807, 2.05) is 19.1 Å². The summed E-state index contributed by atoms with van der Waals surface area (Å²) >= 11 is 11.6. The summed E-state index contributed by atoms with van der Waals surface area (Å²) in [5.74, 6) is 1.42. The molecule has 0 unspecified atom stereocenters. The molecule has 0 aromatic heterocycles. The zero-order chi connectivity index (χ0) is 11.3. The van der Waals surface area contributed by atoms with Crippen LogP contribution in [0.25, 0.3) is 0 Å². The maximum absolute atomic E-state index is 6.00. The van der Waals surface area contributed by atoms with Gasteiger partial charge in [-0.1, -0.05) is 11.6 Å². The summed E-state index contributed by atoms with van der Waals surface area (Å²) in [5.41, 5.74) is 2.00. The van der Waals surface area contributed by atoms with Crippen LogP contribution in [0.3, 0.4) is 0 Å². The van der Waals surface area contributed by atoms with Gasteiger partial charge in [0.05, 0.1) is 12.8 Å². The second kappa shape index (κ2) is 6.09. The number of anilines is 1. The Morgan fingerprint density at radius 3 is 2.73 bits per heavy atom. The Balaban J connectivity index is 2.80. The molecule has 2 nitrogen and oxygen atoms in total. The summed E-state index contributed by atoms with van der Waals surface area (Å²) < 4.78 is 5.23. The molecule has 0 fully saturated rings. The van der Waals surface area contributed by atoms with Crippen molar-refractivity contribution in [2.24, 2.45) is 0 Å². The lowest BCUT2D eigenvalue weighted by Crippen LogP contribution is -2.04. The molecule has 1 rings (SSSR count). The number of aryl methyl sites for hydroxylation is 1. The van der Waals surface area contributed by atoms with E-state index in [4.69, 9.17) is 27.9 Å². The van der Waals surface area contributed by atoms with Crippen molar-refractivity contribution < 1.29 is 4.74 Å². The number of nitrogens with one attached hydrogen (secondary N) is 1. The van der Waals surface area contributed by atoms with Crippen LogP contribution in [0.1, 0.15) is 12.0 Å². The lowest BCUT2D eigenvalue weighted by Gasteiger charge is -2.12. The molecule has 1 aromatic carbocycles. The monoisotopic (exact) mass is 247 g/mol. The van der Waals surface area contributed by atoms with Gasteiger partial charge in [-0.15, -0.1) is 11.6 Å². The quantitative estimate of drug-likeness (QED) is 0.633. The number of methoxy groups -OCH3 is 1. The van der Waals surface area contributed by atoms with E-state index >= 15 is 0 Å². The van der Waals surface area contributed by atoms with E-state index in [0.29, 0.717) is 5.88 Å². The Morgan fingerprint density at radius 1 is 1.40 bits per heavy atom. The van der Waals surface area contributed by atoms with Crippen LogP contribution in [0.15, 0.2) is 12.1 Å². The van der Waals surface area contributed by atoms with Gasteiger partial charge in [0.25, 0.3) is 0 Å².